The van der Waals surface area contributed by atoms with Crippen LogP contribution in [-0.2, 0) is 12.8 Å². The number of aryl methyl sites for hydroxylation is 1. The molecule has 2 aromatic rings. The van der Waals surface area contributed by atoms with Gasteiger partial charge in [-0.3, -0.25) is 4.98 Å². The van der Waals surface area contributed by atoms with Crippen LogP contribution in [0.5, 0.6) is 0 Å². The van der Waals surface area contributed by atoms with Crippen molar-refractivity contribution < 1.29 is 0 Å². The third kappa shape index (κ3) is 3.91. The summed E-state index contributed by atoms with van der Waals surface area (Å²) in [7, 11) is 2.02. The molecule has 0 aromatic carbocycles. The monoisotopic (exact) mass is 247 g/mol. The van der Waals surface area contributed by atoms with E-state index in [2.05, 4.69) is 21.4 Å². The summed E-state index contributed by atoms with van der Waals surface area (Å²) in [5, 5.41) is 6.59. The van der Waals surface area contributed by atoms with E-state index in [9.17, 15) is 0 Å². The number of aromatic nitrogens is 2. The van der Waals surface area contributed by atoms with Crippen molar-refractivity contribution in [2.24, 2.45) is 0 Å². The van der Waals surface area contributed by atoms with E-state index in [1.54, 1.807) is 11.3 Å². The number of rotatable bonds is 6. The standard InChI is InChI=1S/C13H17N3S/c1-14-12(9-13-16-7-8-17-13)5-4-11-3-2-6-15-10-11/h2-3,6-8,10,12,14H,4-5,9H2,1H3. The highest BCUT2D eigenvalue weighted by Gasteiger charge is 2.09. The van der Waals surface area contributed by atoms with Crippen LogP contribution >= 0.6 is 11.3 Å². The SMILES string of the molecule is CNC(CCc1cccnc1)Cc1nccs1. The van der Waals surface area contributed by atoms with Crippen molar-refractivity contribution in [2.75, 3.05) is 7.05 Å². The molecule has 0 amide bonds. The molecule has 0 saturated heterocycles. The molecule has 0 radical (unpaired) electrons. The largest absolute Gasteiger partial charge is 0.317 e. The summed E-state index contributed by atoms with van der Waals surface area (Å²) in [6.45, 7) is 0. The minimum atomic E-state index is 0.487. The predicted molar refractivity (Wildman–Crippen MR) is 71.2 cm³/mol. The molecule has 1 unspecified atom stereocenters. The van der Waals surface area contributed by atoms with E-state index in [0.717, 1.165) is 19.3 Å². The van der Waals surface area contributed by atoms with Crippen LogP contribution in [0.1, 0.15) is 17.0 Å². The van der Waals surface area contributed by atoms with E-state index in [1.165, 1.54) is 10.6 Å². The lowest BCUT2D eigenvalue weighted by Crippen LogP contribution is -2.28. The van der Waals surface area contributed by atoms with Gasteiger partial charge in [0.25, 0.3) is 0 Å². The van der Waals surface area contributed by atoms with Gasteiger partial charge in [0.15, 0.2) is 0 Å². The maximum Gasteiger partial charge on any atom is 0.0940 e. The Morgan fingerprint density at radius 3 is 3.00 bits per heavy atom. The molecule has 0 fully saturated rings. The first-order valence-electron chi connectivity index (χ1n) is 5.83. The fourth-order valence-electron chi connectivity index (χ4n) is 1.80. The molecule has 2 heterocycles. The van der Waals surface area contributed by atoms with Gasteiger partial charge in [0.2, 0.25) is 0 Å². The molecular weight excluding hydrogens is 230 g/mol. The van der Waals surface area contributed by atoms with Crippen LogP contribution in [0.15, 0.2) is 36.1 Å². The minimum absolute atomic E-state index is 0.487. The quantitative estimate of drug-likeness (QED) is 0.851. The molecule has 1 atom stereocenters. The number of thiazole rings is 1. The Bertz CT molecular complexity index is 413. The maximum atomic E-state index is 4.33. The molecule has 17 heavy (non-hydrogen) atoms. The summed E-state index contributed by atoms with van der Waals surface area (Å²) in [6, 6.07) is 4.61. The lowest BCUT2D eigenvalue weighted by atomic mass is 10.0. The van der Waals surface area contributed by atoms with Crippen molar-refractivity contribution in [2.45, 2.75) is 25.3 Å². The Morgan fingerprint density at radius 2 is 2.35 bits per heavy atom. The third-order valence-corrected chi connectivity index (χ3v) is 3.62. The zero-order chi connectivity index (χ0) is 11.9. The van der Waals surface area contributed by atoms with E-state index in [4.69, 9.17) is 0 Å². The summed E-state index contributed by atoms with van der Waals surface area (Å²) in [5.74, 6) is 0. The normalized spacial score (nSPS) is 12.5. The van der Waals surface area contributed by atoms with Crippen LogP contribution in [0.2, 0.25) is 0 Å². The highest BCUT2D eigenvalue weighted by molar-refractivity contribution is 7.09. The van der Waals surface area contributed by atoms with Crippen molar-refractivity contribution >= 4 is 11.3 Å². The highest BCUT2D eigenvalue weighted by Crippen LogP contribution is 2.11. The van der Waals surface area contributed by atoms with E-state index >= 15 is 0 Å². The van der Waals surface area contributed by atoms with Crippen molar-refractivity contribution in [1.29, 1.82) is 0 Å². The van der Waals surface area contributed by atoms with Crippen LogP contribution in [0.3, 0.4) is 0 Å². The van der Waals surface area contributed by atoms with Crippen LogP contribution in [0.25, 0.3) is 0 Å². The average Bonchev–Trinajstić information content (AvgIpc) is 2.88. The first-order valence-corrected chi connectivity index (χ1v) is 6.71. The summed E-state index contributed by atoms with van der Waals surface area (Å²) >= 11 is 1.72. The zero-order valence-electron chi connectivity index (χ0n) is 9.97. The van der Waals surface area contributed by atoms with Crippen LogP contribution in [-0.4, -0.2) is 23.1 Å². The van der Waals surface area contributed by atoms with Gasteiger partial charge in [0.1, 0.15) is 0 Å². The van der Waals surface area contributed by atoms with E-state index in [-0.39, 0.29) is 0 Å². The third-order valence-electron chi connectivity index (χ3n) is 2.82. The van der Waals surface area contributed by atoms with Crippen molar-refractivity contribution in [3.63, 3.8) is 0 Å². The van der Waals surface area contributed by atoms with Gasteiger partial charge in [-0.25, -0.2) is 4.98 Å². The summed E-state index contributed by atoms with van der Waals surface area (Å²) in [5.41, 5.74) is 1.30. The first kappa shape index (κ1) is 12.2. The van der Waals surface area contributed by atoms with Crippen molar-refractivity contribution in [1.82, 2.24) is 15.3 Å². The number of hydrogen-bond donors (Lipinski definition) is 1. The molecule has 0 aliphatic carbocycles. The fourth-order valence-corrected chi connectivity index (χ4v) is 2.50. The maximum absolute atomic E-state index is 4.33. The van der Waals surface area contributed by atoms with E-state index in [1.807, 2.05) is 37.1 Å². The lowest BCUT2D eigenvalue weighted by molar-refractivity contribution is 0.519. The number of nitrogens with zero attached hydrogens (tertiary/aromatic N) is 2. The average molecular weight is 247 g/mol. The molecule has 2 rings (SSSR count). The number of nitrogens with one attached hydrogen (secondary N) is 1. The first-order chi connectivity index (χ1) is 8.38. The molecule has 3 nitrogen and oxygen atoms in total. The molecule has 4 heteroatoms. The molecule has 0 aliphatic rings. The Morgan fingerprint density at radius 1 is 1.41 bits per heavy atom. The van der Waals surface area contributed by atoms with Crippen LogP contribution in [0, 0.1) is 0 Å². The summed E-state index contributed by atoms with van der Waals surface area (Å²) < 4.78 is 0. The molecule has 2 aromatic heterocycles. The van der Waals surface area contributed by atoms with Gasteiger partial charge in [0.05, 0.1) is 5.01 Å². The van der Waals surface area contributed by atoms with Crippen molar-refractivity contribution in [3.8, 4) is 0 Å². The van der Waals surface area contributed by atoms with Gasteiger partial charge >= 0.3 is 0 Å². The Balaban J connectivity index is 1.84. The Labute approximate surface area is 106 Å². The Hall–Kier alpha value is -1.26. The number of hydrogen-bond acceptors (Lipinski definition) is 4. The Kier molecular flexibility index (Phi) is 4.64. The summed E-state index contributed by atoms with van der Waals surface area (Å²) in [6.07, 6.45) is 8.81. The van der Waals surface area contributed by atoms with Crippen molar-refractivity contribution in [3.05, 3.63) is 46.7 Å². The second kappa shape index (κ2) is 6.47. The smallest absolute Gasteiger partial charge is 0.0940 e. The van der Waals surface area contributed by atoms with Gasteiger partial charge in [-0.15, -0.1) is 11.3 Å². The molecule has 90 valence electrons. The van der Waals surface area contributed by atoms with Gasteiger partial charge in [-0.1, -0.05) is 6.07 Å². The molecular formula is C13H17N3S. The van der Waals surface area contributed by atoms with Crippen LogP contribution in [0.4, 0.5) is 0 Å². The predicted octanol–water partition coefficient (Wildman–Crippen LogP) is 2.30. The fraction of sp³-hybridized carbons (Fsp3) is 0.385. The highest BCUT2D eigenvalue weighted by atomic mass is 32.1. The van der Waals surface area contributed by atoms with Gasteiger partial charge in [-0.2, -0.15) is 0 Å². The minimum Gasteiger partial charge on any atom is -0.317 e. The molecule has 0 bridgehead atoms. The second-order valence-corrected chi connectivity index (χ2v) is 4.99. The topological polar surface area (TPSA) is 37.8 Å². The molecule has 1 N–H and O–H groups in total. The number of pyridine rings is 1. The van der Waals surface area contributed by atoms with Gasteiger partial charge in [0, 0.05) is 36.4 Å². The number of likely N-dealkylation sites (N-methyl/N-ethyl adjacent to an activating group) is 1. The van der Waals surface area contributed by atoms with E-state index < -0.39 is 0 Å². The zero-order valence-corrected chi connectivity index (χ0v) is 10.8. The lowest BCUT2D eigenvalue weighted by Gasteiger charge is -2.14. The molecule has 0 spiro atoms. The van der Waals surface area contributed by atoms with E-state index in [0.29, 0.717) is 6.04 Å². The van der Waals surface area contributed by atoms with Gasteiger partial charge < -0.3 is 5.32 Å². The van der Waals surface area contributed by atoms with Gasteiger partial charge in [-0.05, 0) is 31.5 Å². The molecule has 0 aliphatic heterocycles. The summed E-state index contributed by atoms with van der Waals surface area (Å²) in [4.78, 5) is 8.46. The van der Waals surface area contributed by atoms with Crippen LogP contribution < -0.4 is 5.32 Å². The second-order valence-electron chi connectivity index (χ2n) is 4.02. The molecule has 0 saturated carbocycles.